The van der Waals surface area contributed by atoms with E-state index in [1.54, 1.807) is 7.11 Å². The Kier molecular flexibility index (Phi) is 4.58. The van der Waals surface area contributed by atoms with Crippen LogP contribution in [0.15, 0.2) is 18.2 Å². The minimum atomic E-state index is 0.138. The normalized spacial score (nSPS) is 20.9. The van der Waals surface area contributed by atoms with Gasteiger partial charge in [-0.1, -0.05) is 6.07 Å². The first-order valence-corrected chi connectivity index (χ1v) is 6.47. The van der Waals surface area contributed by atoms with Gasteiger partial charge in [0.15, 0.2) is 0 Å². The lowest BCUT2D eigenvalue weighted by Gasteiger charge is -2.22. The van der Waals surface area contributed by atoms with Crippen LogP contribution >= 0.6 is 0 Å². The summed E-state index contributed by atoms with van der Waals surface area (Å²) in [7, 11) is 1.68. The zero-order valence-electron chi connectivity index (χ0n) is 11.1. The maximum absolute atomic E-state index is 5.69. The largest absolute Gasteiger partial charge is 0.497 e. The van der Waals surface area contributed by atoms with Gasteiger partial charge < -0.3 is 9.47 Å². The molecule has 0 spiro atoms. The smallest absolute Gasteiger partial charge is 0.119 e. The summed E-state index contributed by atoms with van der Waals surface area (Å²) in [5.41, 5.74) is 5.31. The van der Waals surface area contributed by atoms with Crippen molar-refractivity contribution < 1.29 is 9.47 Å². The van der Waals surface area contributed by atoms with E-state index < -0.39 is 0 Å². The van der Waals surface area contributed by atoms with Gasteiger partial charge in [-0.2, -0.15) is 0 Å². The van der Waals surface area contributed by atoms with Crippen LogP contribution in [-0.4, -0.2) is 19.8 Å². The third kappa shape index (κ3) is 3.02. The van der Waals surface area contributed by atoms with Gasteiger partial charge in [0, 0.05) is 12.6 Å². The molecule has 3 N–H and O–H groups in total. The van der Waals surface area contributed by atoms with E-state index >= 15 is 0 Å². The van der Waals surface area contributed by atoms with Crippen molar-refractivity contribution in [2.24, 2.45) is 5.84 Å². The molecule has 1 aromatic carbocycles. The summed E-state index contributed by atoms with van der Waals surface area (Å²) < 4.78 is 10.9. The SMILES string of the molecule is COc1ccc(C(CC2CCCO2)NN)c(C)c1. The highest BCUT2D eigenvalue weighted by molar-refractivity contribution is 5.36. The molecule has 0 aliphatic carbocycles. The Morgan fingerprint density at radius 1 is 1.56 bits per heavy atom. The molecule has 1 saturated heterocycles. The second-order valence-electron chi connectivity index (χ2n) is 4.81. The molecule has 1 heterocycles. The highest BCUT2D eigenvalue weighted by Crippen LogP contribution is 2.28. The van der Waals surface area contributed by atoms with Gasteiger partial charge in [0.1, 0.15) is 5.75 Å². The monoisotopic (exact) mass is 250 g/mol. The second-order valence-corrected chi connectivity index (χ2v) is 4.81. The summed E-state index contributed by atoms with van der Waals surface area (Å²) in [5, 5.41) is 0. The number of rotatable bonds is 5. The van der Waals surface area contributed by atoms with Crippen LogP contribution in [0.1, 0.15) is 36.4 Å². The summed E-state index contributed by atoms with van der Waals surface area (Å²) in [5.74, 6) is 6.56. The van der Waals surface area contributed by atoms with Crippen LogP contribution in [0, 0.1) is 6.92 Å². The zero-order valence-corrected chi connectivity index (χ0v) is 11.1. The van der Waals surface area contributed by atoms with E-state index in [1.165, 1.54) is 11.1 Å². The summed E-state index contributed by atoms with van der Waals surface area (Å²) >= 11 is 0. The first-order valence-electron chi connectivity index (χ1n) is 6.47. The van der Waals surface area contributed by atoms with Crippen LogP contribution in [0.25, 0.3) is 0 Å². The molecular weight excluding hydrogens is 228 g/mol. The van der Waals surface area contributed by atoms with Crippen LogP contribution in [-0.2, 0) is 4.74 Å². The summed E-state index contributed by atoms with van der Waals surface area (Å²) in [6.07, 6.45) is 3.54. The molecule has 1 aliphatic heterocycles. The number of aryl methyl sites for hydroxylation is 1. The fourth-order valence-electron chi connectivity index (χ4n) is 2.54. The minimum Gasteiger partial charge on any atom is -0.497 e. The second kappa shape index (κ2) is 6.18. The van der Waals surface area contributed by atoms with Crippen LogP contribution in [0.3, 0.4) is 0 Å². The predicted octanol–water partition coefficient (Wildman–Crippen LogP) is 2.08. The maximum Gasteiger partial charge on any atom is 0.119 e. The number of nitrogens with two attached hydrogens (primary N) is 1. The summed E-state index contributed by atoms with van der Waals surface area (Å²) in [6.45, 7) is 2.96. The molecule has 0 radical (unpaired) electrons. The number of hydrazine groups is 1. The van der Waals surface area contributed by atoms with Crippen LogP contribution in [0.2, 0.25) is 0 Å². The number of hydrogen-bond donors (Lipinski definition) is 2. The predicted molar refractivity (Wildman–Crippen MR) is 71.4 cm³/mol. The van der Waals surface area contributed by atoms with Gasteiger partial charge in [-0.05, 0) is 49.4 Å². The quantitative estimate of drug-likeness (QED) is 0.620. The molecule has 4 nitrogen and oxygen atoms in total. The number of hydrogen-bond acceptors (Lipinski definition) is 4. The average Bonchev–Trinajstić information content (AvgIpc) is 2.89. The Morgan fingerprint density at radius 2 is 2.39 bits per heavy atom. The molecule has 100 valence electrons. The van der Waals surface area contributed by atoms with E-state index in [1.807, 2.05) is 12.1 Å². The van der Waals surface area contributed by atoms with Gasteiger partial charge in [-0.3, -0.25) is 11.3 Å². The Balaban J connectivity index is 2.10. The average molecular weight is 250 g/mol. The van der Waals surface area contributed by atoms with E-state index in [0.29, 0.717) is 6.10 Å². The molecular formula is C14H22N2O2. The standard InChI is InChI=1S/C14H22N2O2/c1-10-8-11(17-2)5-6-13(10)14(16-15)9-12-4-3-7-18-12/h5-6,8,12,14,16H,3-4,7,9,15H2,1-2H3. The van der Waals surface area contributed by atoms with Gasteiger partial charge in [-0.25, -0.2) is 0 Å². The van der Waals surface area contributed by atoms with Crippen molar-refractivity contribution in [3.8, 4) is 5.75 Å². The van der Waals surface area contributed by atoms with Crippen molar-refractivity contribution in [2.75, 3.05) is 13.7 Å². The van der Waals surface area contributed by atoms with E-state index in [2.05, 4.69) is 18.4 Å². The van der Waals surface area contributed by atoms with Crippen molar-refractivity contribution >= 4 is 0 Å². The Morgan fingerprint density at radius 3 is 2.94 bits per heavy atom. The maximum atomic E-state index is 5.69. The van der Waals surface area contributed by atoms with Crippen molar-refractivity contribution in [3.63, 3.8) is 0 Å². The molecule has 1 fully saturated rings. The molecule has 4 heteroatoms. The molecule has 2 rings (SSSR count). The van der Waals surface area contributed by atoms with Gasteiger partial charge in [0.2, 0.25) is 0 Å². The fourth-order valence-corrected chi connectivity index (χ4v) is 2.54. The lowest BCUT2D eigenvalue weighted by molar-refractivity contribution is 0.0945. The highest BCUT2D eigenvalue weighted by atomic mass is 16.5. The number of benzene rings is 1. The Labute approximate surface area is 108 Å². The van der Waals surface area contributed by atoms with E-state index in [9.17, 15) is 0 Å². The van der Waals surface area contributed by atoms with Crippen molar-refractivity contribution in [1.82, 2.24) is 5.43 Å². The molecule has 1 aliphatic rings. The highest BCUT2D eigenvalue weighted by Gasteiger charge is 2.22. The topological polar surface area (TPSA) is 56.5 Å². The first kappa shape index (κ1) is 13.3. The first-order chi connectivity index (χ1) is 8.74. The Bertz CT molecular complexity index is 389. The van der Waals surface area contributed by atoms with Crippen molar-refractivity contribution in [1.29, 1.82) is 0 Å². The fraction of sp³-hybridized carbons (Fsp3) is 0.571. The molecule has 0 aromatic heterocycles. The zero-order chi connectivity index (χ0) is 13.0. The van der Waals surface area contributed by atoms with Crippen molar-refractivity contribution in [2.45, 2.75) is 38.3 Å². The molecule has 0 bridgehead atoms. The lowest BCUT2D eigenvalue weighted by Crippen LogP contribution is -2.31. The summed E-state index contributed by atoms with van der Waals surface area (Å²) in [4.78, 5) is 0. The molecule has 0 saturated carbocycles. The van der Waals surface area contributed by atoms with Crippen molar-refractivity contribution in [3.05, 3.63) is 29.3 Å². The van der Waals surface area contributed by atoms with Gasteiger partial charge >= 0.3 is 0 Å². The van der Waals surface area contributed by atoms with E-state index in [0.717, 1.165) is 31.6 Å². The van der Waals surface area contributed by atoms with Gasteiger partial charge in [0.25, 0.3) is 0 Å². The Hall–Kier alpha value is -1.10. The molecule has 18 heavy (non-hydrogen) atoms. The molecule has 1 aromatic rings. The van der Waals surface area contributed by atoms with E-state index in [-0.39, 0.29) is 6.04 Å². The molecule has 2 unspecified atom stereocenters. The lowest BCUT2D eigenvalue weighted by atomic mass is 9.96. The third-order valence-corrected chi connectivity index (χ3v) is 3.58. The van der Waals surface area contributed by atoms with Gasteiger partial charge in [0.05, 0.1) is 13.2 Å². The van der Waals surface area contributed by atoms with E-state index in [4.69, 9.17) is 15.3 Å². The summed E-state index contributed by atoms with van der Waals surface area (Å²) in [6, 6.07) is 6.23. The number of ether oxygens (including phenoxy) is 2. The van der Waals surface area contributed by atoms with Crippen LogP contribution < -0.4 is 16.0 Å². The molecule has 0 amide bonds. The van der Waals surface area contributed by atoms with Gasteiger partial charge in [-0.15, -0.1) is 0 Å². The van der Waals surface area contributed by atoms with Crippen LogP contribution in [0.5, 0.6) is 5.75 Å². The molecule has 2 atom stereocenters. The van der Waals surface area contributed by atoms with Crippen LogP contribution in [0.4, 0.5) is 0 Å². The minimum absolute atomic E-state index is 0.138. The number of nitrogens with one attached hydrogen (secondary N) is 1. The third-order valence-electron chi connectivity index (χ3n) is 3.58. The number of methoxy groups -OCH3 is 1.